The number of rotatable bonds is 2. The van der Waals surface area contributed by atoms with Crippen LogP contribution in [0, 0.1) is 6.92 Å². The van der Waals surface area contributed by atoms with E-state index in [2.05, 4.69) is 15.9 Å². The van der Waals surface area contributed by atoms with Crippen molar-refractivity contribution in [3.8, 4) is 0 Å². The van der Waals surface area contributed by atoms with Crippen molar-refractivity contribution in [2.75, 3.05) is 0 Å². The molecule has 0 atom stereocenters. The Labute approximate surface area is 94.5 Å². The summed E-state index contributed by atoms with van der Waals surface area (Å²) in [4.78, 5) is 0. The Kier molecular flexibility index (Phi) is 2.24. The van der Waals surface area contributed by atoms with Crippen molar-refractivity contribution >= 4 is 5.65 Å². The minimum absolute atomic E-state index is 0.0755. The fourth-order valence-corrected chi connectivity index (χ4v) is 2.82. The number of hydrogen-bond acceptors (Lipinski definition) is 2. The van der Waals surface area contributed by atoms with Gasteiger partial charge >= 0.3 is 0 Å². The van der Waals surface area contributed by atoms with Gasteiger partial charge in [0.05, 0.1) is 12.3 Å². The summed E-state index contributed by atoms with van der Waals surface area (Å²) in [7, 11) is 0. The molecule has 0 aliphatic heterocycles. The van der Waals surface area contributed by atoms with Crippen molar-refractivity contribution in [3.05, 3.63) is 23.7 Å². The number of aromatic nitrogens is 3. The zero-order valence-electron chi connectivity index (χ0n) is 9.56. The van der Waals surface area contributed by atoms with E-state index in [4.69, 9.17) is 0 Å². The summed E-state index contributed by atoms with van der Waals surface area (Å²) in [6.07, 6.45) is 9.21. The zero-order chi connectivity index (χ0) is 11.1. The van der Waals surface area contributed by atoms with E-state index in [1.165, 1.54) is 25.7 Å². The molecule has 3 rings (SSSR count). The lowest BCUT2D eigenvalue weighted by Crippen LogP contribution is -2.04. The summed E-state index contributed by atoms with van der Waals surface area (Å²) in [6, 6.07) is 0.596. The van der Waals surface area contributed by atoms with E-state index in [0.29, 0.717) is 6.04 Å². The number of nitrogens with zero attached hydrogens (tertiary/aromatic N) is 3. The Bertz CT molecular complexity index is 506. The van der Waals surface area contributed by atoms with Gasteiger partial charge < -0.3 is 9.67 Å². The number of imidazole rings is 1. The fourth-order valence-electron chi connectivity index (χ4n) is 2.82. The van der Waals surface area contributed by atoms with Crippen LogP contribution in [-0.4, -0.2) is 19.3 Å². The highest BCUT2D eigenvalue weighted by Crippen LogP contribution is 2.32. The van der Waals surface area contributed by atoms with Gasteiger partial charge in [-0.3, -0.25) is 0 Å². The molecule has 0 unspecified atom stereocenters. The summed E-state index contributed by atoms with van der Waals surface area (Å²) >= 11 is 0. The zero-order valence-corrected chi connectivity index (χ0v) is 9.56. The summed E-state index contributed by atoms with van der Waals surface area (Å²) < 4.78 is 4.18. The molecule has 0 amide bonds. The van der Waals surface area contributed by atoms with Gasteiger partial charge in [0.25, 0.3) is 0 Å². The third-order valence-corrected chi connectivity index (χ3v) is 3.67. The molecule has 1 aliphatic rings. The third-order valence-electron chi connectivity index (χ3n) is 3.67. The van der Waals surface area contributed by atoms with Crippen molar-refractivity contribution in [2.24, 2.45) is 0 Å². The molecule has 16 heavy (non-hydrogen) atoms. The van der Waals surface area contributed by atoms with Crippen molar-refractivity contribution in [1.29, 1.82) is 0 Å². The topological polar surface area (TPSA) is 42.5 Å². The number of aryl methyl sites for hydroxylation is 1. The van der Waals surface area contributed by atoms with E-state index in [0.717, 1.165) is 16.9 Å². The van der Waals surface area contributed by atoms with E-state index in [1.54, 1.807) is 0 Å². The van der Waals surface area contributed by atoms with Crippen molar-refractivity contribution in [1.82, 2.24) is 14.2 Å². The molecule has 1 saturated carbocycles. The normalized spacial score (nSPS) is 17.6. The first-order valence-electron chi connectivity index (χ1n) is 5.97. The minimum atomic E-state index is 0.0755. The summed E-state index contributed by atoms with van der Waals surface area (Å²) in [5.41, 5.74) is 2.98. The number of aliphatic hydroxyl groups excluding tert-OH is 1. The number of fused-ring (bicyclic) bond motifs is 1. The maximum atomic E-state index is 9.42. The van der Waals surface area contributed by atoms with Crippen molar-refractivity contribution in [3.63, 3.8) is 0 Å². The monoisotopic (exact) mass is 219 g/mol. The predicted octanol–water partition coefficient (Wildman–Crippen LogP) is 2.05. The highest BCUT2D eigenvalue weighted by Gasteiger charge is 2.21. The molecule has 2 aromatic rings. The van der Waals surface area contributed by atoms with Crippen LogP contribution >= 0.6 is 0 Å². The molecule has 2 aromatic heterocycles. The van der Waals surface area contributed by atoms with Crippen LogP contribution in [0.5, 0.6) is 0 Å². The second kappa shape index (κ2) is 3.63. The fraction of sp³-hybridized carbons (Fsp3) is 0.583. The lowest BCUT2D eigenvalue weighted by atomic mass is 10.2. The van der Waals surface area contributed by atoms with Crippen LogP contribution in [0.3, 0.4) is 0 Å². The van der Waals surface area contributed by atoms with Crippen LogP contribution in [0.15, 0.2) is 12.4 Å². The van der Waals surface area contributed by atoms with Crippen LogP contribution in [0.4, 0.5) is 0 Å². The average molecular weight is 219 g/mol. The molecular formula is C12H17N3O. The van der Waals surface area contributed by atoms with E-state index in [1.807, 2.05) is 17.6 Å². The molecule has 1 fully saturated rings. The maximum absolute atomic E-state index is 9.42. The van der Waals surface area contributed by atoms with E-state index < -0.39 is 0 Å². The smallest absolute Gasteiger partial charge is 0.141 e. The van der Waals surface area contributed by atoms with E-state index in [9.17, 15) is 5.11 Å². The number of aliphatic hydroxyl groups is 1. The lowest BCUT2D eigenvalue weighted by Gasteiger charge is -2.12. The Hall–Kier alpha value is -1.29. The summed E-state index contributed by atoms with van der Waals surface area (Å²) in [5, 5.41) is 13.8. The van der Waals surface area contributed by atoms with E-state index >= 15 is 0 Å². The van der Waals surface area contributed by atoms with Gasteiger partial charge in [0.15, 0.2) is 0 Å². The second-order valence-electron chi connectivity index (χ2n) is 4.63. The molecule has 4 nitrogen and oxygen atoms in total. The van der Waals surface area contributed by atoms with Gasteiger partial charge in [-0.15, -0.1) is 0 Å². The quantitative estimate of drug-likeness (QED) is 0.840. The standard InChI is InChI=1S/C12H17N3O/c1-9-11(8-16)12-14(6-7-15(12)13-9)10-4-2-3-5-10/h6-7,10,16H,2-5,8H2,1H3. The summed E-state index contributed by atoms with van der Waals surface area (Å²) in [6.45, 7) is 2.03. The highest BCUT2D eigenvalue weighted by molar-refractivity contribution is 5.51. The Morgan fingerprint density at radius 2 is 2.12 bits per heavy atom. The Morgan fingerprint density at radius 1 is 1.38 bits per heavy atom. The summed E-state index contributed by atoms with van der Waals surface area (Å²) in [5.74, 6) is 0. The average Bonchev–Trinajstić information content (AvgIpc) is 2.91. The van der Waals surface area contributed by atoms with Gasteiger partial charge in [-0.05, 0) is 19.8 Å². The second-order valence-corrected chi connectivity index (χ2v) is 4.63. The van der Waals surface area contributed by atoms with Crippen LogP contribution < -0.4 is 0 Å². The molecule has 0 bridgehead atoms. The van der Waals surface area contributed by atoms with Gasteiger partial charge in [-0.2, -0.15) is 5.10 Å². The largest absolute Gasteiger partial charge is 0.391 e. The third kappa shape index (κ3) is 1.29. The lowest BCUT2D eigenvalue weighted by molar-refractivity contribution is 0.281. The van der Waals surface area contributed by atoms with Gasteiger partial charge in [0, 0.05) is 24.0 Å². The van der Waals surface area contributed by atoms with Crippen LogP contribution in [0.25, 0.3) is 5.65 Å². The Balaban J connectivity index is 2.16. The molecule has 1 N–H and O–H groups in total. The van der Waals surface area contributed by atoms with Crippen molar-refractivity contribution in [2.45, 2.75) is 45.3 Å². The molecule has 2 heterocycles. The van der Waals surface area contributed by atoms with Gasteiger partial charge in [0.1, 0.15) is 5.65 Å². The van der Waals surface area contributed by atoms with Gasteiger partial charge in [-0.1, -0.05) is 12.8 Å². The minimum Gasteiger partial charge on any atom is -0.391 e. The first kappa shape index (κ1) is 9.90. The first-order valence-corrected chi connectivity index (χ1v) is 5.97. The SMILES string of the molecule is Cc1nn2ccn(C3CCCC3)c2c1CO. The maximum Gasteiger partial charge on any atom is 0.141 e. The van der Waals surface area contributed by atoms with E-state index in [-0.39, 0.29) is 6.61 Å². The molecule has 0 saturated heterocycles. The molecule has 0 radical (unpaired) electrons. The van der Waals surface area contributed by atoms with Crippen LogP contribution in [-0.2, 0) is 6.61 Å². The Morgan fingerprint density at radius 3 is 2.81 bits per heavy atom. The molecule has 86 valence electrons. The van der Waals surface area contributed by atoms with Crippen LogP contribution in [0.1, 0.15) is 43.0 Å². The molecular weight excluding hydrogens is 202 g/mol. The molecule has 4 heteroatoms. The first-order chi connectivity index (χ1) is 7.81. The predicted molar refractivity (Wildman–Crippen MR) is 61.3 cm³/mol. The molecule has 0 aromatic carbocycles. The van der Waals surface area contributed by atoms with Gasteiger partial charge in [0.2, 0.25) is 0 Å². The van der Waals surface area contributed by atoms with Crippen LogP contribution in [0.2, 0.25) is 0 Å². The molecule has 1 aliphatic carbocycles. The molecule has 0 spiro atoms. The van der Waals surface area contributed by atoms with Crippen molar-refractivity contribution < 1.29 is 5.11 Å². The van der Waals surface area contributed by atoms with Gasteiger partial charge in [-0.25, -0.2) is 4.52 Å². The highest BCUT2D eigenvalue weighted by atomic mass is 16.3. The number of hydrogen-bond donors (Lipinski definition) is 1.